The molecule has 1 aromatic rings. The Morgan fingerprint density at radius 1 is 1.35 bits per heavy atom. The zero-order valence-corrected chi connectivity index (χ0v) is 12.9. The lowest BCUT2D eigenvalue weighted by atomic mass is 10.1. The lowest BCUT2D eigenvalue weighted by Crippen LogP contribution is -2.38. The van der Waals surface area contributed by atoms with Crippen molar-refractivity contribution in [1.29, 1.82) is 0 Å². The summed E-state index contributed by atoms with van der Waals surface area (Å²) in [4.78, 5) is 11.9. The molecule has 7 heteroatoms. The van der Waals surface area contributed by atoms with Crippen molar-refractivity contribution in [3.05, 3.63) is 28.3 Å². The first kappa shape index (κ1) is 15.1. The van der Waals surface area contributed by atoms with E-state index >= 15 is 0 Å². The highest BCUT2D eigenvalue weighted by Crippen LogP contribution is 2.27. The highest BCUT2D eigenvalue weighted by molar-refractivity contribution is 7.91. The van der Waals surface area contributed by atoms with Crippen LogP contribution >= 0.6 is 11.6 Å². The number of hydrogen-bond acceptors (Lipinski definition) is 3. The van der Waals surface area contributed by atoms with Crippen LogP contribution < -0.4 is 10.6 Å². The van der Waals surface area contributed by atoms with Crippen molar-refractivity contribution in [1.82, 2.24) is 5.32 Å². The van der Waals surface area contributed by atoms with Crippen molar-refractivity contribution in [3.63, 3.8) is 0 Å². The summed E-state index contributed by atoms with van der Waals surface area (Å²) < 4.78 is 22.7. The number of nitrogens with one attached hydrogen (secondary N) is 2. The maximum absolute atomic E-state index is 11.9. The molecule has 1 aromatic carbocycles. The first-order valence-corrected chi connectivity index (χ1v) is 8.51. The molecular formula is C13H17ClN2O3S. The maximum atomic E-state index is 11.9. The molecule has 1 atom stereocenters. The van der Waals surface area contributed by atoms with Crippen molar-refractivity contribution in [2.75, 3.05) is 16.8 Å². The van der Waals surface area contributed by atoms with Crippen LogP contribution in [0.5, 0.6) is 0 Å². The Morgan fingerprint density at radius 3 is 2.60 bits per heavy atom. The molecule has 20 heavy (non-hydrogen) atoms. The summed E-state index contributed by atoms with van der Waals surface area (Å²) in [6.45, 7) is 3.78. The highest BCUT2D eigenvalue weighted by Gasteiger charge is 2.29. The van der Waals surface area contributed by atoms with Crippen molar-refractivity contribution in [3.8, 4) is 0 Å². The fourth-order valence-corrected chi connectivity index (χ4v) is 4.36. The standard InChI is InChI=1S/C13H17ClN2O3S/c1-8-5-9(2)12(11(14)6-8)16-13(17)15-10-3-4-20(18,19)7-10/h5-6,10H,3-4,7H2,1-2H3,(H2,15,16,17). The molecule has 2 N–H and O–H groups in total. The second-order valence-electron chi connectivity index (χ2n) is 5.14. The van der Waals surface area contributed by atoms with Crippen LogP contribution in [0.4, 0.5) is 10.5 Å². The van der Waals surface area contributed by atoms with E-state index in [9.17, 15) is 13.2 Å². The molecule has 1 unspecified atom stereocenters. The van der Waals surface area contributed by atoms with Crippen LogP contribution in [0.3, 0.4) is 0 Å². The number of urea groups is 1. The second kappa shape index (κ2) is 5.61. The summed E-state index contributed by atoms with van der Waals surface area (Å²) in [5.74, 6) is 0.128. The molecule has 0 aliphatic carbocycles. The number of aryl methyl sites for hydroxylation is 2. The van der Waals surface area contributed by atoms with E-state index in [1.165, 1.54) is 0 Å². The molecule has 110 valence electrons. The molecule has 0 bridgehead atoms. The van der Waals surface area contributed by atoms with Crippen molar-refractivity contribution in [2.45, 2.75) is 26.3 Å². The summed E-state index contributed by atoms with van der Waals surface area (Å²) >= 11 is 6.10. The monoisotopic (exact) mass is 316 g/mol. The topological polar surface area (TPSA) is 75.3 Å². The molecule has 0 radical (unpaired) electrons. The predicted molar refractivity (Wildman–Crippen MR) is 80.1 cm³/mol. The molecule has 0 aromatic heterocycles. The number of benzene rings is 1. The molecular weight excluding hydrogens is 300 g/mol. The third-order valence-corrected chi connectivity index (χ3v) is 5.30. The number of amides is 2. The zero-order chi connectivity index (χ0) is 14.9. The lowest BCUT2D eigenvalue weighted by molar-refractivity contribution is 0.249. The smallest absolute Gasteiger partial charge is 0.319 e. The molecule has 0 saturated carbocycles. The third-order valence-electron chi connectivity index (χ3n) is 3.24. The van der Waals surface area contributed by atoms with E-state index in [-0.39, 0.29) is 17.5 Å². The van der Waals surface area contributed by atoms with E-state index < -0.39 is 15.9 Å². The van der Waals surface area contributed by atoms with Crippen LogP contribution in [0.25, 0.3) is 0 Å². The Morgan fingerprint density at radius 2 is 2.05 bits per heavy atom. The second-order valence-corrected chi connectivity index (χ2v) is 7.77. The Kier molecular flexibility index (Phi) is 4.25. The van der Waals surface area contributed by atoms with Crippen LogP contribution in [0, 0.1) is 13.8 Å². The lowest BCUT2D eigenvalue weighted by Gasteiger charge is -2.15. The number of hydrogen-bond donors (Lipinski definition) is 2. The fourth-order valence-electron chi connectivity index (χ4n) is 2.32. The first-order chi connectivity index (χ1) is 9.27. The number of rotatable bonds is 2. The van der Waals surface area contributed by atoms with Gasteiger partial charge in [0.1, 0.15) is 0 Å². The molecule has 0 spiro atoms. The minimum Gasteiger partial charge on any atom is -0.334 e. The zero-order valence-electron chi connectivity index (χ0n) is 11.4. The van der Waals surface area contributed by atoms with Crippen LogP contribution in [0.1, 0.15) is 17.5 Å². The molecule has 5 nitrogen and oxygen atoms in total. The van der Waals surface area contributed by atoms with E-state index in [1.54, 1.807) is 6.07 Å². The molecule has 1 heterocycles. The summed E-state index contributed by atoms with van der Waals surface area (Å²) in [5, 5.41) is 5.82. The number of carbonyl (C=O) groups is 1. The van der Waals surface area contributed by atoms with Gasteiger partial charge in [-0.25, -0.2) is 13.2 Å². The van der Waals surface area contributed by atoms with Crippen molar-refractivity contribution < 1.29 is 13.2 Å². The van der Waals surface area contributed by atoms with Crippen molar-refractivity contribution >= 4 is 33.2 Å². The quantitative estimate of drug-likeness (QED) is 0.879. The maximum Gasteiger partial charge on any atom is 0.319 e. The van der Waals surface area contributed by atoms with E-state index in [2.05, 4.69) is 10.6 Å². The van der Waals surface area contributed by atoms with E-state index in [1.807, 2.05) is 19.9 Å². The first-order valence-electron chi connectivity index (χ1n) is 6.31. The molecule has 1 saturated heterocycles. The van der Waals surface area contributed by atoms with Crippen LogP contribution in [-0.4, -0.2) is 32.0 Å². The Bertz CT molecular complexity index is 620. The van der Waals surface area contributed by atoms with Gasteiger partial charge < -0.3 is 10.6 Å². The molecule has 1 fully saturated rings. The van der Waals surface area contributed by atoms with Crippen molar-refractivity contribution in [2.24, 2.45) is 0 Å². The Hall–Kier alpha value is -1.27. The fraction of sp³-hybridized carbons (Fsp3) is 0.462. The minimum atomic E-state index is -3.00. The van der Waals surface area contributed by atoms with Gasteiger partial charge in [-0.05, 0) is 37.5 Å². The van der Waals surface area contributed by atoms with Crippen LogP contribution in [0.15, 0.2) is 12.1 Å². The number of halogens is 1. The van der Waals surface area contributed by atoms with Gasteiger partial charge in [0.25, 0.3) is 0 Å². The number of sulfone groups is 1. The number of carbonyl (C=O) groups excluding carboxylic acids is 1. The van der Waals surface area contributed by atoms with E-state index in [4.69, 9.17) is 11.6 Å². The van der Waals surface area contributed by atoms with Gasteiger partial charge in [-0.2, -0.15) is 0 Å². The van der Waals surface area contributed by atoms with Gasteiger partial charge in [0.15, 0.2) is 9.84 Å². The third kappa shape index (κ3) is 3.64. The Balaban J connectivity index is 2.02. The molecule has 2 rings (SSSR count). The van der Waals surface area contributed by atoms with Gasteiger partial charge in [0.05, 0.1) is 22.2 Å². The molecule has 1 aliphatic rings. The average Bonchev–Trinajstić information content (AvgIpc) is 2.63. The van der Waals surface area contributed by atoms with Crippen LogP contribution in [-0.2, 0) is 9.84 Å². The molecule has 1 aliphatic heterocycles. The van der Waals surface area contributed by atoms with Gasteiger partial charge in [0, 0.05) is 6.04 Å². The Labute approximate surface area is 123 Å². The van der Waals surface area contributed by atoms with E-state index in [0.717, 1.165) is 11.1 Å². The molecule has 2 amide bonds. The predicted octanol–water partition coefficient (Wildman–Crippen LogP) is 2.27. The van der Waals surface area contributed by atoms with Gasteiger partial charge in [-0.15, -0.1) is 0 Å². The summed E-state index contributed by atoms with van der Waals surface area (Å²) in [6.07, 6.45) is 0.455. The summed E-state index contributed by atoms with van der Waals surface area (Å²) in [6, 6.07) is 2.93. The van der Waals surface area contributed by atoms with E-state index in [0.29, 0.717) is 17.1 Å². The van der Waals surface area contributed by atoms with Gasteiger partial charge in [0.2, 0.25) is 0 Å². The minimum absolute atomic E-state index is 0.00102. The average molecular weight is 317 g/mol. The normalized spacial score (nSPS) is 20.6. The highest BCUT2D eigenvalue weighted by atomic mass is 35.5. The largest absolute Gasteiger partial charge is 0.334 e. The van der Waals surface area contributed by atoms with Gasteiger partial charge in [-0.1, -0.05) is 17.7 Å². The number of anilines is 1. The SMILES string of the molecule is Cc1cc(C)c(NC(=O)NC2CCS(=O)(=O)C2)c(Cl)c1. The van der Waals surface area contributed by atoms with Gasteiger partial charge in [-0.3, -0.25) is 0 Å². The summed E-state index contributed by atoms with van der Waals surface area (Å²) in [5.41, 5.74) is 2.43. The van der Waals surface area contributed by atoms with Gasteiger partial charge >= 0.3 is 6.03 Å². The van der Waals surface area contributed by atoms with Crippen LogP contribution in [0.2, 0.25) is 5.02 Å². The summed E-state index contributed by atoms with van der Waals surface area (Å²) in [7, 11) is -3.00.